The fourth-order valence-corrected chi connectivity index (χ4v) is 1.64. The lowest BCUT2D eigenvalue weighted by molar-refractivity contribution is -0.137. The van der Waals surface area contributed by atoms with Crippen LogP contribution in [0.15, 0.2) is 0 Å². The van der Waals surface area contributed by atoms with Crippen LogP contribution in [-0.2, 0) is 9.53 Å². The van der Waals surface area contributed by atoms with E-state index in [0.29, 0.717) is 18.9 Å². The van der Waals surface area contributed by atoms with Gasteiger partial charge >= 0.3 is 5.97 Å². The molecule has 1 aliphatic heterocycles. The van der Waals surface area contributed by atoms with Crippen molar-refractivity contribution in [2.24, 2.45) is 5.92 Å². The van der Waals surface area contributed by atoms with Gasteiger partial charge in [0, 0.05) is 24.3 Å². The topological polar surface area (TPSA) is 46.5 Å². The molecule has 70 valence electrons. The smallest absolute Gasteiger partial charge is 0.303 e. The summed E-state index contributed by atoms with van der Waals surface area (Å²) >= 11 is 5.99. The lowest BCUT2D eigenvalue weighted by Crippen LogP contribution is -2.16. The van der Waals surface area contributed by atoms with E-state index in [0.717, 1.165) is 13.0 Å². The minimum atomic E-state index is -0.778. The van der Waals surface area contributed by atoms with Gasteiger partial charge < -0.3 is 9.84 Å². The minimum Gasteiger partial charge on any atom is -0.481 e. The Morgan fingerprint density at radius 3 is 3.00 bits per heavy atom. The Labute approximate surface area is 76.7 Å². The maximum absolute atomic E-state index is 10.2. The van der Waals surface area contributed by atoms with Crippen molar-refractivity contribution in [1.29, 1.82) is 0 Å². The number of hydrogen-bond acceptors (Lipinski definition) is 2. The number of carbonyl (C=O) groups is 1. The SMILES string of the molecule is O=C(O)CCC(Cl)C1CCOC1. The maximum atomic E-state index is 10.2. The van der Waals surface area contributed by atoms with Gasteiger partial charge in [0.1, 0.15) is 0 Å². The van der Waals surface area contributed by atoms with Gasteiger partial charge in [0.25, 0.3) is 0 Å². The van der Waals surface area contributed by atoms with Crippen molar-refractivity contribution in [3.63, 3.8) is 0 Å². The average Bonchev–Trinajstić information content (AvgIpc) is 2.51. The molecular formula is C8H13ClO3. The van der Waals surface area contributed by atoms with Crippen LogP contribution in [0.3, 0.4) is 0 Å². The third kappa shape index (κ3) is 2.99. The van der Waals surface area contributed by atoms with Crippen LogP contribution < -0.4 is 0 Å². The highest BCUT2D eigenvalue weighted by Gasteiger charge is 2.24. The predicted molar refractivity (Wildman–Crippen MR) is 45.4 cm³/mol. The number of carboxylic acid groups (broad SMARTS) is 1. The molecule has 0 aromatic rings. The van der Waals surface area contributed by atoms with Gasteiger partial charge in [-0.25, -0.2) is 0 Å². The first-order valence-electron chi connectivity index (χ1n) is 4.13. The monoisotopic (exact) mass is 192 g/mol. The van der Waals surface area contributed by atoms with Crippen LogP contribution in [-0.4, -0.2) is 29.7 Å². The van der Waals surface area contributed by atoms with Gasteiger partial charge in [-0.3, -0.25) is 4.79 Å². The van der Waals surface area contributed by atoms with Crippen LogP contribution in [0.4, 0.5) is 0 Å². The van der Waals surface area contributed by atoms with Gasteiger partial charge in [0.2, 0.25) is 0 Å². The summed E-state index contributed by atoms with van der Waals surface area (Å²) in [7, 11) is 0. The zero-order chi connectivity index (χ0) is 8.97. The Morgan fingerprint density at radius 1 is 1.75 bits per heavy atom. The second kappa shape index (κ2) is 4.67. The number of rotatable bonds is 4. The summed E-state index contributed by atoms with van der Waals surface area (Å²) in [5.74, 6) is -0.425. The van der Waals surface area contributed by atoms with E-state index in [4.69, 9.17) is 21.4 Å². The Bertz CT molecular complexity index is 154. The van der Waals surface area contributed by atoms with Crippen molar-refractivity contribution in [3.05, 3.63) is 0 Å². The molecule has 1 rings (SSSR count). The number of alkyl halides is 1. The Kier molecular flexibility index (Phi) is 3.82. The van der Waals surface area contributed by atoms with Crippen LogP contribution in [0.25, 0.3) is 0 Å². The van der Waals surface area contributed by atoms with E-state index < -0.39 is 5.97 Å². The maximum Gasteiger partial charge on any atom is 0.303 e. The Morgan fingerprint density at radius 2 is 2.50 bits per heavy atom. The summed E-state index contributed by atoms with van der Waals surface area (Å²) in [5.41, 5.74) is 0. The van der Waals surface area contributed by atoms with Gasteiger partial charge in [-0.1, -0.05) is 0 Å². The van der Waals surface area contributed by atoms with Crippen molar-refractivity contribution in [2.75, 3.05) is 13.2 Å². The molecule has 2 unspecified atom stereocenters. The van der Waals surface area contributed by atoms with Gasteiger partial charge in [-0.05, 0) is 12.8 Å². The van der Waals surface area contributed by atoms with Crippen LogP contribution in [0, 0.1) is 5.92 Å². The molecule has 0 radical (unpaired) electrons. The number of aliphatic carboxylic acids is 1. The van der Waals surface area contributed by atoms with E-state index in [-0.39, 0.29) is 11.8 Å². The highest BCUT2D eigenvalue weighted by atomic mass is 35.5. The van der Waals surface area contributed by atoms with E-state index in [2.05, 4.69) is 0 Å². The molecule has 12 heavy (non-hydrogen) atoms. The zero-order valence-electron chi connectivity index (χ0n) is 6.83. The van der Waals surface area contributed by atoms with E-state index >= 15 is 0 Å². The molecule has 1 aliphatic rings. The standard InChI is InChI=1S/C8H13ClO3/c9-7(1-2-8(10)11)6-3-4-12-5-6/h6-7H,1-5H2,(H,10,11). The molecule has 4 heteroatoms. The third-order valence-corrected chi connectivity index (χ3v) is 2.68. The Balaban J connectivity index is 2.17. The van der Waals surface area contributed by atoms with Crippen LogP contribution >= 0.6 is 11.6 Å². The van der Waals surface area contributed by atoms with E-state index in [1.54, 1.807) is 0 Å². The first-order chi connectivity index (χ1) is 5.70. The Hall–Kier alpha value is -0.280. The predicted octanol–water partition coefficient (Wildman–Crippen LogP) is 1.50. The molecule has 1 saturated heterocycles. The normalized spacial score (nSPS) is 25.6. The molecule has 0 bridgehead atoms. The summed E-state index contributed by atoms with van der Waals surface area (Å²) in [6.07, 6.45) is 1.67. The van der Waals surface area contributed by atoms with Gasteiger partial charge in [-0.2, -0.15) is 0 Å². The van der Waals surface area contributed by atoms with Crippen molar-refractivity contribution >= 4 is 17.6 Å². The van der Waals surface area contributed by atoms with E-state index in [1.165, 1.54) is 0 Å². The zero-order valence-corrected chi connectivity index (χ0v) is 7.59. The van der Waals surface area contributed by atoms with E-state index in [1.807, 2.05) is 0 Å². The minimum absolute atomic E-state index is 0.0383. The van der Waals surface area contributed by atoms with Crippen molar-refractivity contribution < 1.29 is 14.6 Å². The summed E-state index contributed by atoms with van der Waals surface area (Å²) < 4.78 is 5.15. The molecule has 0 aliphatic carbocycles. The number of halogens is 1. The summed E-state index contributed by atoms with van der Waals surface area (Å²) in [6.45, 7) is 1.45. The molecule has 3 nitrogen and oxygen atoms in total. The van der Waals surface area contributed by atoms with Crippen molar-refractivity contribution in [1.82, 2.24) is 0 Å². The number of carboxylic acids is 1. The summed E-state index contributed by atoms with van der Waals surface area (Å²) in [4.78, 5) is 10.2. The largest absolute Gasteiger partial charge is 0.481 e. The molecule has 0 aromatic heterocycles. The van der Waals surface area contributed by atoms with Crippen LogP contribution in [0.1, 0.15) is 19.3 Å². The van der Waals surface area contributed by atoms with E-state index in [9.17, 15) is 4.79 Å². The van der Waals surface area contributed by atoms with Crippen LogP contribution in [0.2, 0.25) is 0 Å². The molecule has 0 aromatic carbocycles. The first kappa shape index (κ1) is 9.81. The highest BCUT2D eigenvalue weighted by Crippen LogP contribution is 2.24. The quantitative estimate of drug-likeness (QED) is 0.687. The van der Waals surface area contributed by atoms with Crippen molar-refractivity contribution in [2.45, 2.75) is 24.6 Å². The lowest BCUT2D eigenvalue weighted by atomic mass is 10.0. The molecule has 1 fully saturated rings. The molecule has 0 saturated carbocycles. The fourth-order valence-electron chi connectivity index (χ4n) is 1.34. The molecular weight excluding hydrogens is 180 g/mol. The lowest BCUT2D eigenvalue weighted by Gasteiger charge is -2.13. The average molecular weight is 193 g/mol. The molecule has 1 N–H and O–H groups in total. The molecule has 1 heterocycles. The number of hydrogen-bond donors (Lipinski definition) is 1. The highest BCUT2D eigenvalue weighted by molar-refractivity contribution is 6.20. The second-order valence-electron chi connectivity index (χ2n) is 3.07. The number of ether oxygens (including phenoxy) is 1. The molecule has 0 amide bonds. The summed E-state index contributed by atoms with van der Waals surface area (Å²) in [5, 5.41) is 8.38. The summed E-state index contributed by atoms with van der Waals surface area (Å²) in [6, 6.07) is 0. The molecule has 0 spiro atoms. The fraction of sp³-hybridized carbons (Fsp3) is 0.875. The third-order valence-electron chi connectivity index (χ3n) is 2.11. The second-order valence-corrected chi connectivity index (χ2v) is 3.63. The van der Waals surface area contributed by atoms with Gasteiger partial charge in [-0.15, -0.1) is 11.6 Å². The van der Waals surface area contributed by atoms with Crippen LogP contribution in [0.5, 0.6) is 0 Å². The van der Waals surface area contributed by atoms with Gasteiger partial charge in [0.15, 0.2) is 0 Å². The van der Waals surface area contributed by atoms with Crippen molar-refractivity contribution in [3.8, 4) is 0 Å². The first-order valence-corrected chi connectivity index (χ1v) is 4.57. The van der Waals surface area contributed by atoms with Gasteiger partial charge in [0.05, 0.1) is 6.61 Å². The molecule has 2 atom stereocenters.